The SMILES string of the molecule is COCCOCc1nc(C2CCN(C(=O)NCc3ccc(OC)cc3)C2)no1. The highest BCUT2D eigenvalue weighted by atomic mass is 16.5. The third kappa shape index (κ3) is 5.43. The van der Waals surface area contributed by atoms with Gasteiger partial charge in [0.05, 0.1) is 20.3 Å². The molecule has 0 radical (unpaired) electrons. The number of benzene rings is 1. The van der Waals surface area contributed by atoms with Gasteiger partial charge in [-0.15, -0.1) is 0 Å². The molecule has 152 valence electrons. The molecule has 0 spiro atoms. The summed E-state index contributed by atoms with van der Waals surface area (Å²) in [5.74, 6) is 1.92. The second-order valence-electron chi connectivity index (χ2n) is 6.53. The number of methoxy groups -OCH3 is 2. The molecule has 0 aliphatic carbocycles. The molecule has 0 saturated carbocycles. The molecule has 1 atom stereocenters. The van der Waals surface area contributed by atoms with Crippen LogP contribution in [0.2, 0.25) is 0 Å². The van der Waals surface area contributed by atoms with Crippen molar-refractivity contribution in [1.29, 1.82) is 0 Å². The van der Waals surface area contributed by atoms with Crippen molar-refractivity contribution in [3.05, 3.63) is 41.5 Å². The number of likely N-dealkylation sites (tertiary alicyclic amines) is 1. The number of nitrogens with zero attached hydrogens (tertiary/aromatic N) is 3. The van der Waals surface area contributed by atoms with Crippen molar-refractivity contribution in [2.45, 2.75) is 25.5 Å². The Labute approximate surface area is 163 Å². The van der Waals surface area contributed by atoms with Crippen LogP contribution in [0.4, 0.5) is 4.79 Å². The highest BCUT2D eigenvalue weighted by molar-refractivity contribution is 5.74. The summed E-state index contributed by atoms with van der Waals surface area (Å²) in [4.78, 5) is 18.6. The lowest BCUT2D eigenvalue weighted by molar-refractivity contribution is 0.0494. The normalized spacial score (nSPS) is 16.4. The van der Waals surface area contributed by atoms with Crippen molar-refractivity contribution in [2.24, 2.45) is 0 Å². The topological polar surface area (TPSA) is 99.0 Å². The lowest BCUT2D eigenvalue weighted by Gasteiger charge is -2.17. The molecule has 1 aromatic heterocycles. The van der Waals surface area contributed by atoms with E-state index in [1.54, 1.807) is 19.1 Å². The molecule has 3 rings (SSSR count). The quantitative estimate of drug-likeness (QED) is 0.653. The monoisotopic (exact) mass is 390 g/mol. The minimum Gasteiger partial charge on any atom is -0.497 e. The molecule has 2 heterocycles. The van der Waals surface area contributed by atoms with Gasteiger partial charge in [0.25, 0.3) is 5.89 Å². The Bertz CT molecular complexity index is 749. The molecule has 1 aromatic carbocycles. The lowest BCUT2D eigenvalue weighted by Crippen LogP contribution is -2.38. The number of urea groups is 1. The van der Waals surface area contributed by atoms with Crippen LogP contribution in [-0.4, -0.2) is 61.6 Å². The maximum absolute atomic E-state index is 12.4. The Morgan fingerprint density at radius 3 is 2.86 bits per heavy atom. The molecule has 1 unspecified atom stereocenters. The second-order valence-corrected chi connectivity index (χ2v) is 6.53. The van der Waals surface area contributed by atoms with Crippen molar-refractivity contribution in [1.82, 2.24) is 20.4 Å². The summed E-state index contributed by atoms with van der Waals surface area (Å²) in [6.07, 6.45) is 0.805. The zero-order valence-electron chi connectivity index (χ0n) is 16.2. The summed E-state index contributed by atoms with van der Waals surface area (Å²) in [5.41, 5.74) is 1.01. The van der Waals surface area contributed by atoms with E-state index in [2.05, 4.69) is 15.5 Å². The maximum atomic E-state index is 12.4. The van der Waals surface area contributed by atoms with Gasteiger partial charge in [0.1, 0.15) is 12.4 Å². The molecule has 2 amide bonds. The highest BCUT2D eigenvalue weighted by Crippen LogP contribution is 2.25. The standard InChI is InChI=1S/C19H26N4O5/c1-25-9-10-27-13-17-21-18(22-28-17)15-7-8-23(12-15)19(24)20-11-14-3-5-16(26-2)6-4-14/h3-6,15H,7-13H2,1-2H3,(H,20,24). The Balaban J connectivity index is 1.44. The third-order valence-electron chi connectivity index (χ3n) is 4.58. The molecule has 9 nitrogen and oxygen atoms in total. The van der Waals surface area contributed by atoms with Crippen molar-refractivity contribution in [2.75, 3.05) is 40.5 Å². The number of aromatic nitrogens is 2. The number of carbonyl (C=O) groups is 1. The van der Waals surface area contributed by atoms with Gasteiger partial charge in [0.15, 0.2) is 5.82 Å². The minimum atomic E-state index is -0.0927. The summed E-state index contributed by atoms with van der Waals surface area (Å²) >= 11 is 0. The number of rotatable bonds is 9. The average molecular weight is 390 g/mol. The number of hydrogen-bond acceptors (Lipinski definition) is 7. The number of carbonyl (C=O) groups excluding carboxylic acids is 1. The van der Waals surface area contributed by atoms with E-state index >= 15 is 0 Å². The van der Waals surface area contributed by atoms with Gasteiger partial charge in [-0.25, -0.2) is 4.79 Å². The van der Waals surface area contributed by atoms with Gasteiger partial charge in [-0.2, -0.15) is 4.98 Å². The van der Waals surface area contributed by atoms with E-state index in [1.807, 2.05) is 24.3 Å². The van der Waals surface area contributed by atoms with Gasteiger partial charge >= 0.3 is 6.03 Å². The van der Waals surface area contributed by atoms with Crippen molar-refractivity contribution >= 4 is 6.03 Å². The number of nitrogens with one attached hydrogen (secondary N) is 1. The first-order valence-corrected chi connectivity index (χ1v) is 9.24. The molecule has 9 heteroatoms. The van der Waals surface area contributed by atoms with Crippen LogP contribution in [-0.2, 0) is 22.6 Å². The predicted octanol–water partition coefficient (Wildman–Crippen LogP) is 1.94. The first-order valence-electron chi connectivity index (χ1n) is 9.24. The zero-order chi connectivity index (χ0) is 19.8. The van der Waals surface area contributed by atoms with Crippen LogP contribution >= 0.6 is 0 Å². The first-order chi connectivity index (χ1) is 13.7. The summed E-state index contributed by atoms with van der Waals surface area (Å²) in [7, 11) is 3.24. The minimum absolute atomic E-state index is 0.0724. The molecular weight excluding hydrogens is 364 g/mol. The Hall–Kier alpha value is -2.65. The summed E-state index contributed by atoms with van der Waals surface area (Å²) < 4.78 is 20.7. The van der Waals surface area contributed by atoms with E-state index in [9.17, 15) is 4.79 Å². The van der Waals surface area contributed by atoms with Crippen LogP contribution in [0.3, 0.4) is 0 Å². The van der Waals surface area contributed by atoms with Gasteiger partial charge in [-0.1, -0.05) is 17.3 Å². The third-order valence-corrected chi connectivity index (χ3v) is 4.58. The zero-order valence-corrected chi connectivity index (χ0v) is 16.2. The van der Waals surface area contributed by atoms with E-state index in [0.717, 1.165) is 17.7 Å². The van der Waals surface area contributed by atoms with E-state index in [-0.39, 0.29) is 18.6 Å². The van der Waals surface area contributed by atoms with Crippen LogP contribution in [0.1, 0.15) is 29.6 Å². The van der Waals surface area contributed by atoms with Gasteiger partial charge < -0.3 is 29.0 Å². The van der Waals surface area contributed by atoms with Crippen LogP contribution < -0.4 is 10.1 Å². The molecule has 1 N–H and O–H groups in total. The fraction of sp³-hybridized carbons (Fsp3) is 0.526. The number of ether oxygens (including phenoxy) is 3. The van der Waals surface area contributed by atoms with Crippen molar-refractivity contribution < 1.29 is 23.5 Å². The summed E-state index contributed by atoms with van der Waals surface area (Å²) in [6, 6.07) is 7.52. The van der Waals surface area contributed by atoms with Gasteiger partial charge in [-0.3, -0.25) is 0 Å². The van der Waals surface area contributed by atoms with E-state index in [1.165, 1.54) is 0 Å². The Kier molecular flexibility index (Phi) is 7.21. The average Bonchev–Trinajstić information content (AvgIpc) is 3.39. The van der Waals surface area contributed by atoms with Crippen molar-refractivity contribution in [3.8, 4) is 5.75 Å². The highest BCUT2D eigenvalue weighted by Gasteiger charge is 2.30. The molecule has 2 aromatic rings. The Morgan fingerprint density at radius 2 is 2.11 bits per heavy atom. The fourth-order valence-corrected chi connectivity index (χ4v) is 2.98. The largest absolute Gasteiger partial charge is 0.497 e. The molecule has 0 bridgehead atoms. The van der Waals surface area contributed by atoms with Gasteiger partial charge in [-0.05, 0) is 24.1 Å². The number of hydrogen-bond donors (Lipinski definition) is 1. The van der Waals surface area contributed by atoms with Crippen LogP contribution in [0.15, 0.2) is 28.8 Å². The number of amides is 2. The molecular formula is C19H26N4O5. The lowest BCUT2D eigenvalue weighted by atomic mass is 10.1. The fourth-order valence-electron chi connectivity index (χ4n) is 2.98. The molecule has 28 heavy (non-hydrogen) atoms. The molecule has 1 aliphatic heterocycles. The van der Waals surface area contributed by atoms with E-state index in [0.29, 0.717) is 44.6 Å². The van der Waals surface area contributed by atoms with E-state index < -0.39 is 0 Å². The van der Waals surface area contributed by atoms with Crippen LogP contribution in [0.5, 0.6) is 5.75 Å². The van der Waals surface area contributed by atoms with E-state index in [4.69, 9.17) is 18.7 Å². The first kappa shape index (κ1) is 20.1. The molecule has 1 saturated heterocycles. The smallest absolute Gasteiger partial charge is 0.317 e. The van der Waals surface area contributed by atoms with Crippen LogP contribution in [0.25, 0.3) is 0 Å². The molecule has 1 aliphatic rings. The maximum Gasteiger partial charge on any atom is 0.317 e. The van der Waals surface area contributed by atoms with Crippen molar-refractivity contribution in [3.63, 3.8) is 0 Å². The summed E-state index contributed by atoms with van der Waals surface area (Å²) in [6.45, 7) is 2.94. The Morgan fingerprint density at radius 1 is 1.29 bits per heavy atom. The molecule has 1 fully saturated rings. The van der Waals surface area contributed by atoms with Gasteiger partial charge in [0, 0.05) is 32.7 Å². The van der Waals surface area contributed by atoms with Crippen LogP contribution in [0, 0.1) is 0 Å². The predicted molar refractivity (Wildman–Crippen MR) is 100.0 cm³/mol. The van der Waals surface area contributed by atoms with Gasteiger partial charge in [0.2, 0.25) is 0 Å². The second kappa shape index (κ2) is 10.0. The summed E-state index contributed by atoms with van der Waals surface area (Å²) in [5, 5.41) is 6.98.